The first-order valence-electron chi connectivity index (χ1n) is 8.51. The number of nitrogens with zero attached hydrogens (tertiary/aromatic N) is 1. The number of benzene rings is 2. The Hall–Kier alpha value is -1.60. The Morgan fingerprint density at radius 1 is 1.00 bits per heavy atom. The lowest BCUT2D eigenvalue weighted by molar-refractivity contribution is 0.107. The molecular formula is C20H28IN3O. The van der Waals surface area contributed by atoms with Gasteiger partial charge in [0.25, 0.3) is 0 Å². The minimum absolute atomic E-state index is 0. The second-order valence-corrected chi connectivity index (χ2v) is 5.78. The van der Waals surface area contributed by atoms with Crippen LogP contribution in [0.3, 0.4) is 0 Å². The highest BCUT2D eigenvalue weighted by Crippen LogP contribution is 2.09. The van der Waals surface area contributed by atoms with E-state index in [0.29, 0.717) is 25.7 Å². The Morgan fingerprint density at radius 2 is 1.68 bits per heavy atom. The summed E-state index contributed by atoms with van der Waals surface area (Å²) in [6.45, 7) is 4.82. The number of guanidine groups is 1. The van der Waals surface area contributed by atoms with Crippen LogP contribution in [0.5, 0.6) is 0 Å². The molecular weight excluding hydrogens is 425 g/mol. The number of nitrogens with one attached hydrogen (secondary N) is 1. The summed E-state index contributed by atoms with van der Waals surface area (Å²) < 4.78 is 5.78. The van der Waals surface area contributed by atoms with Crippen molar-refractivity contribution in [3.8, 4) is 0 Å². The predicted molar refractivity (Wildman–Crippen MR) is 115 cm³/mol. The minimum atomic E-state index is 0. The van der Waals surface area contributed by atoms with Gasteiger partial charge >= 0.3 is 0 Å². The highest BCUT2D eigenvalue weighted by Gasteiger charge is 1.98. The maximum Gasteiger partial charge on any atom is 0.188 e. The molecule has 0 aliphatic heterocycles. The molecule has 2 aromatic carbocycles. The van der Waals surface area contributed by atoms with Gasteiger partial charge in [-0.15, -0.1) is 24.0 Å². The summed E-state index contributed by atoms with van der Waals surface area (Å²) in [6, 6.07) is 18.5. The van der Waals surface area contributed by atoms with Crippen molar-refractivity contribution in [3.63, 3.8) is 0 Å². The fourth-order valence-corrected chi connectivity index (χ4v) is 2.30. The van der Waals surface area contributed by atoms with E-state index >= 15 is 0 Å². The normalized spacial score (nSPS) is 11.0. The molecule has 2 aromatic rings. The molecule has 0 bridgehead atoms. The highest BCUT2D eigenvalue weighted by atomic mass is 127. The lowest BCUT2D eigenvalue weighted by Gasteiger charge is -2.07. The monoisotopic (exact) mass is 453 g/mol. The molecule has 2 rings (SSSR count). The van der Waals surface area contributed by atoms with Gasteiger partial charge in [-0.1, -0.05) is 67.9 Å². The number of nitrogens with two attached hydrogens (primary N) is 1. The van der Waals surface area contributed by atoms with Crippen LogP contribution in [0.2, 0.25) is 0 Å². The topological polar surface area (TPSA) is 59.6 Å². The molecule has 0 aromatic heterocycles. The van der Waals surface area contributed by atoms with E-state index in [0.717, 1.165) is 30.5 Å². The van der Waals surface area contributed by atoms with E-state index in [1.54, 1.807) is 0 Å². The highest BCUT2D eigenvalue weighted by molar-refractivity contribution is 14.0. The molecule has 0 radical (unpaired) electrons. The molecule has 5 heteroatoms. The van der Waals surface area contributed by atoms with E-state index in [9.17, 15) is 0 Å². The van der Waals surface area contributed by atoms with E-state index in [-0.39, 0.29) is 24.0 Å². The summed E-state index contributed by atoms with van der Waals surface area (Å²) in [7, 11) is 0. The van der Waals surface area contributed by atoms with E-state index in [1.807, 2.05) is 24.3 Å². The number of ether oxygens (including phenoxy) is 1. The molecule has 3 N–H and O–H groups in total. The first kappa shape index (κ1) is 21.4. The summed E-state index contributed by atoms with van der Waals surface area (Å²) in [6.07, 6.45) is 2.25. The predicted octanol–water partition coefficient (Wildman–Crippen LogP) is 4.23. The average molecular weight is 453 g/mol. The SMILES string of the molecule is CCCCNC(N)=NCc1cccc(COCc2ccccc2)c1.I. The van der Waals surface area contributed by atoms with Crippen molar-refractivity contribution in [2.75, 3.05) is 6.54 Å². The zero-order valence-electron chi connectivity index (χ0n) is 14.8. The van der Waals surface area contributed by atoms with E-state index < -0.39 is 0 Å². The van der Waals surface area contributed by atoms with Crippen LogP contribution in [-0.2, 0) is 24.5 Å². The molecule has 0 fully saturated rings. The first-order valence-corrected chi connectivity index (χ1v) is 8.51. The maximum atomic E-state index is 5.86. The van der Waals surface area contributed by atoms with Gasteiger partial charge in [0.05, 0.1) is 19.8 Å². The van der Waals surface area contributed by atoms with E-state index in [2.05, 4.69) is 47.6 Å². The number of aliphatic imine (C=N–C) groups is 1. The van der Waals surface area contributed by atoms with Crippen molar-refractivity contribution in [2.24, 2.45) is 10.7 Å². The summed E-state index contributed by atoms with van der Waals surface area (Å²) in [4.78, 5) is 4.38. The molecule has 0 saturated heterocycles. The third-order valence-electron chi connectivity index (χ3n) is 3.64. The standard InChI is InChI=1S/C20H27N3O.HI/c1-2-3-12-22-20(21)23-14-18-10-7-11-19(13-18)16-24-15-17-8-5-4-6-9-17;/h4-11,13H,2-3,12,14-16H2,1H3,(H3,21,22,23);1H. The average Bonchev–Trinajstić information content (AvgIpc) is 2.62. The van der Waals surface area contributed by atoms with Crippen LogP contribution < -0.4 is 11.1 Å². The molecule has 0 atom stereocenters. The largest absolute Gasteiger partial charge is 0.372 e. The molecule has 136 valence electrons. The molecule has 4 nitrogen and oxygen atoms in total. The molecule has 0 aliphatic rings. The minimum Gasteiger partial charge on any atom is -0.372 e. The van der Waals surface area contributed by atoms with Gasteiger partial charge in [0.1, 0.15) is 0 Å². The van der Waals surface area contributed by atoms with Crippen molar-refractivity contribution >= 4 is 29.9 Å². The van der Waals surface area contributed by atoms with Crippen LogP contribution in [0.25, 0.3) is 0 Å². The van der Waals surface area contributed by atoms with Crippen LogP contribution in [-0.4, -0.2) is 12.5 Å². The van der Waals surface area contributed by atoms with Crippen molar-refractivity contribution < 1.29 is 4.74 Å². The van der Waals surface area contributed by atoms with Gasteiger partial charge in [-0.3, -0.25) is 0 Å². The third-order valence-corrected chi connectivity index (χ3v) is 3.64. The molecule has 0 spiro atoms. The number of halogens is 1. The summed E-state index contributed by atoms with van der Waals surface area (Å²) in [5.41, 5.74) is 9.33. The molecule has 0 amide bonds. The molecule has 0 heterocycles. The van der Waals surface area contributed by atoms with Crippen molar-refractivity contribution in [2.45, 2.75) is 39.5 Å². The van der Waals surface area contributed by atoms with Crippen molar-refractivity contribution in [1.29, 1.82) is 0 Å². The zero-order valence-corrected chi connectivity index (χ0v) is 17.1. The van der Waals surface area contributed by atoms with Crippen LogP contribution in [0, 0.1) is 0 Å². The second kappa shape index (κ2) is 12.7. The van der Waals surface area contributed by atoms with Crippen molar-refractivity contribution in [1.82, 2.24) is 5.32 Å². The fraction of sp³-hybridized carbons (Fsp3) is 0.350. The van der Waals surface area contributed by atoms with Gasteiger partial charge in [0.15, 0.2) is 5.96 Å². The van der Waals surface area contributed by atoms with Crippen LogP contribution in [0.15, 0.2) is 59.6 Å². The first-order chi connectivity index (χ1) is 11.8. The Morgan fingerprint density at radius 3 is 2.44 bits per heavy atom. The molecule has 0 unspecified atom stereocenters. The number of rotatable bonds is 9. The molecule has 0 saturated carbocycles. The third kappa shape index (κ3) is 8.88. The fourth-order valence-electron chi connectivity index (χ4n) is 2.30. The van der Waals surface area contributed by atoms with Gasteiger partial charge in [-0.05, 0) is 23.1 Å². The lowest BCUT2D eigenvalue weighted by Crippen LogP contribution is -2.32. The number of hydrogen-bond acceptors (Lipinski definition) is 2. The number of unbranched alkanes of at least 4 members (excludes halogenated alkanes) is 1. The Labute approximate surface area is 167 Å². The zero-order chi connectivity index (χ0) is 17.0. The summed E-state index contributed by atoms with van der Waals surface area (Å²) >= 11 is 0. The van der Waals surface area contributed by atoms with Gasteiger partial charge in [0.2, 0.25) is 0 Å². The van der Waals surface area contributed by atoms with Gasteiger partial charge in [-0.25, -0.2) is 4.99 Å². The summed E-state index contributed by atoms with van der Waals surface area (Å²) in [5.74, 6) is 0.509. The van der Waals surface area contributed by atoms with Crippen LogP contribution in [0.4, 0.5) is 0 Å². The van der Waals surface area contributed by atoms with Crippen LogP contribution >= 0.6 is 24.0 Å². The molecule has 25 heavy (non-hydrogen) atoms. The maximum absolute atomic E-state index is 5.86. The Bertz CT molecular complexity index is 632. The smallest absolute Gasteiger partial charge is 0.188 e. The van der Waals surface area contributed by atoms with E-state index in [1.165, 1.54) is 5.56 Å². The van der Waals surface area contributed by atoms with Gasteiger partial charge in [-0.2, -0.15) is 0 Å². The Balaban J connectivity index is 0.00000312. The Kier molecular flexibility index (Phi) is 10.9. The quantitative estimate of drug-likeness (QED) is 0.259. The van der Waals surface area contributed by atoms with Gasteiger partial charge < -0.3 is 15.8 Å². The van der Waals surface area contributed by atoms with Gasteiger partial charge in [0, 0.05) is 6.54 Å². The summed E-state index contributed by atoms with van der Waals surface area (Å²) in [5, 5.41) is 3.12. The lowest BCUT2D eigenvalue weighted by atomic mass is 10.1. The number of hydrogen-bond donors (Lipinski definition) is 2. The second-order valence-electron chi connectivity index (χ2n) is 5.78. The van der Waals surface area contributed by atoms with Crippen LogP contribution in [0.1, 0.15) is 36.5 Å². The van der Waals surface area contributed by atoms with Crippen molar-refractivity contribution in [3.05, 3.63) is 71.3 Å². The van der Waals surface area contributed by atoms with E-state index in [4.69, 9.17) is 10.5 Å². The molecule has 0 aliphatic carbocycles.